The van der Waals surface area contributed by atoms with Gasteiger partial charge in [-0.15, -0.1) is 0 Å². The SMILES string of the molecule is CCn1cc(Cl)c(NC(=O)NCC(C)(O)c2cccc(F)c2)n1. The normalized spacial score (nSPS) is 13.4. The molecule has 3 N–H and O–H groups in total. The van der Waals surface area contributed by atoms with Gasteiger partial charge in [-0.25, -0.2) is 9.18 Å². The summed E-state index contributed by atoms with van der Waals surface area (Å²) in [6, 6.07) is 5.02. The second-order valence-corrected chi connectivity index (χ2v) is 5.68. The van der Waals surface area contributed by atoms with E-state index >= 15 is 0 Å². The Morgan fingerprint density at radius 2 is 2.26 bits per heavy atom. The molecule has 0 fully saturated rings. The van der Waals surface area contributed by atoms with Crippen LogP contribution in [0.3, 0.4) is 0 Å². The minimum Gasteiger partial charge on any atom is -0.384 e. The van der Waals surface area contributed by atoms with Crippen molar-refractivity contribution in [3.63, 3.8) is 0 Å². The van der Waals surface area contributed by atoms with E-state index < -0.39 is 17.4 Å². The van der Waals surface area contributed by atoms with E-state index in [4.69, 9.17) is 11.6 Å². The van der Waals surface area contributed by atoms with Gasteiger partial charge in [0.05, 0.1) is 6.54 Å². The summed E-state index contributed by atoms with van der Waals surface area (Å²) in [5, 5.41) is 19.8. The van der Waals surface area contributed by atoms with Gasteiger partial charge in [-0.3, -0.25) is 10.00 Å². The zero-order valence-electron chi connectivity index (χ0n) is 12.8. The van der Waals surface area contributed by atoms with Gasteiger partial charge < -0.3 is 10.4 Å². The van der Waals surface area contributed by atoms with Gasteiger partial charge in [0, 0.05) is 12.7 Å². The number of nitrogens with zero attached hydrogens (tertiary/aromatic N) is 2. The van der Waals surface area contributed by atoms with Gasteiger partial charge in [0.1, 0.15) is 16.4 Å². The van der Waals surface area contributed by atoms with Crippen LogP contribution in [0.15, 0.2) is 30.5 Å². The number of halogens is 2. The summed E-state index contributed by atoms with van der Waals surface area (Å²) in [5.41, 5.74) is -1.04. The van der Waals surface area contributed by atoms with Gasteiger partial charge in [0.15, 0.2) is 5.82 Å². The molecule has 1 heterocycles. The number of carbonyl (C=O) groups excluding carboxylic acids is 1. The maximum atomic E-state index is 13.2. The van der Waals surface area contributed by atoms with E-state index in [1.165, 1.54) is 25.1 Å². The molecule has 0 aliphatic carbocycles. The molecule has 0 aliphatic rings. The quantitative estimate of drug-likeness (QED) is 0.783. The standard InChI is InChI=1S/C15H18ClFN4O2/c1-3-21-8-12(16)13(20-21)19-14(22)18-9-15(2,23)10-5-4-6-11(17)7-10/h4-8,23H,3,9H2,1-2H3,(H2,18,19,20,22). The molecule has 2 amide bonds. The van der Waals surface area contributed by atoms with Gasteiger partial charge in [-0.1, -0.05) is 23.7 Å². The van der Waals surface area contributed by atoms with E-state index in [0.717, 1.165) is 0 Å². The first-order chi connectivity index (χ1) is 10.8. The third kappa shape index (κ3) is 4.43. The zero-order valence-corrected chi connectivity index (χ0v) is 13.6. The lowest BCUT2D eigenvalue weighted by atomic mass is 9.96. The summed E-state index contributed by atoms with van der Waals surface area (Å²) < 4.78 is 14.8. The Morgan fingerprint density at radius 3 is 2.87 bits per heavy atom. The summed E-state index contributed by atoms with van der Waals surface area (Å²) in [4.78, 5) is 11.9. The highest BCUT2D eigenvalue weighted by Gasteiger charge is 2.24. The fourth-order valence-electron chi connectivity index (χ4n) is 1.97. The van der Waals surface area contributed by atoms with Gasteiger partial charge in [-0.2, -0.15) is 5.10 Å². The van der Waals surface area contributed by atoms with E-state index in [1.54, 1.807) is 16.9 Å². The van der Waals surface area contributed by atoms with Crippen molar-refractivity contribution in [1.82, 2.24) is 15.1 Å². The zero-order chi connectivity index (χ0) is 17.0. The molecule has 0 radical (unpaired) electrons. The van der Waals surface area contributed by atoms with Crippen molar-refractivity contribution in [3.8, 4) is 0 Å². The highest BCUT2D eigenvalue weighted by atomic mass is 35.5. The van der Waals surface area contributed by atoms with Crippen molar-refractivity contribution in [3.05, 3.63) is 46.9 Å². The summed E-state index contributed by atoms with van der Waals surface area (Å²) in [6.45, 7) is 3.90. The Hall–Kier alpha value is -2.12. The average molecular weight is 341 g/mol. The number of nitrogens with one attached hydrogen (secondary N) is 2. The number of hydrogen-bond donors (Lipinski definition) is 3. The average Bonchev–Trinajstić information content (AvgIpc) is 2.86. The predicted molar refractivity (Wildman–Crippen MR) is 85.9 cm³/mol. The molecule has 6 nitrogen and oxygen atoms in total. The van der Waals surface area contributed by atoms with E-state index in [-0.39, 0.29) is 12.4 Å². The van der Waals surface area contributed by atoms with Crippen molar-refractivity contribution in [1.29, 1.82) is 0 Å². The number of urea groups is 1. The molecule has 0 saturated heterocycles. The van der Waals surface area contributed by atoms with Crippen LogP contribution < -0.4 is 10.6 Å². The maximum absolute atomic E-state index is 13.2. The Morgan fingerprint density at radius 1 is 1.52 bits per heavy atom. The van der Waals surface area contributed by atoms with E-state index in [9.17, 15) is 14.3 Å². The molecule has 0 spiro atoms. The smallest absolute Gasteiger partial charge is 0.320 e. The number of hydrogen-bond acceptors (Lipinski definition) is 3. The molecule has 0 bridgehead atoms. The fraction of sp³-hybridized carbons (Fsp3) is 0.333. The molecule has 0 aliphatic heterocycles. The first kappa shape index (κ1) is 17.2. The van der Waals surface area contributed by atoms with Crippen LogP contribution in [-0.4, -0.2) is 27.5 Å². The van der Waals surface area contributed by atoms with Crippen molar-refractivity contribution < 1.29 is 14.3 Å². The predicted octanol–water partition coefficient (Wildman–Crippen LogP) is 2.72. The molecule has 1 aromatic carbocycles. The highest BCUT2D eigenvalue weighted by molar-refractivity contribution is 6.33. The summed E-state index contributed by atoms with van der Waals surface area (Å²) in [5.74, 6) is -0.222. The minimum atomic E-state index is -1.41. The van der Waals surface area contributed by atoms with Crippen molar-refractivity contribution in [2.45, 2.75) is 26.0 Å². The molecule has 1 unspecified atom stereocenters. The number of aryl methyl sites for hydroxylation is 1. The third-order valence-electron chi connectivity index (χ3n) is 3.31. The number of aliphatic hydroxyl groups is 1. The van der Waals surface area contributed by atoms with E-state index in [0.29, 0.717) is 17.1 Å². The second-order valence-electron chi connectivity index (χ2n) is 5.27. The van der Waals surface area contributed by atoms with Crippen molar-refractivity contribution >= 4 is 23.4 Å². The maximum Gasteiger partial charge on any atom is 0.320 e. The van der Waals surface area contributed by atoms with Gasteiger partial charge in [0.25, 0.3) is 0 Å². The van der Waals surface area contributed by atoms with E-state index in [2.05, 4.69) is 15.7 Å². The Balaban J connectivity index is 1.96. The monoisotopic (exact) mass is 340 g/mol. The molecule has 2 rings (SSSR count). The van der Waals surface area contributed by atoms with E-state index in [1.807, 2.05) is 6.92 Å². The summed E-state index contributed by atoms with van der Waals surface area (Å²) >= 11 is 5.95. The fourth-order valence-corrected chi connectivity index (χ4v) is 2.17. The largest absolute Gasteiger partial charge is 0.384 e. The van der Waals surface area contributed by atoms with Crippen LogP contribution in [0.25, 0.3) is 0 Å². The minimum absolute atomic E-state index is 0.103. The molecule has 0 saturated carbocycles. The summed E-state index contributed by atoms with van der Waals surface area (Å²) in [7, 11) is 0. The molecule has 1 atom stereocenters. The topological polar surface area (TPSA) is 79.2 Å². The molecular weight excluding hydrogens is 323 g/mol. The first-order valence-corrected chi connectivity index (χ1v) is 7.46. The van der Waals surface area contributed by atoms with Gasteiger partial charge >= 0.3 is 6.03 Å². The first-order valence-electron chi connectivity index (χ1n) is 7.08. The van der Waals surface area contributed by atoms with Crippen LogP contribution in [0.5, 0.6) is 0 Å². The Bertz CT molecular complexity index is 703. The Kier molecular flexibility index (Phi) is 5.23. The van der Waals surface area contributed by atoms with Crippen LogP contribution in [-0.2, 0) is 12.1 Å². The number of aromatic nitrogens is 2. The van der Waals surface area contributed by atoms with Crippen LogP contribution in [0.4, 0.5) is 15.0 Å². The molecule has 124 valence electrons. The number of amides is 2. The van der Waals surface area contributed by atoms with Gasteiger partial charge in [0.2, 0.25) is 0 Å². The molecule has 8 heteroatoms. The van der Waals surface area contributed by atoms with Gasteiger partial charge in [-0.05, 0) is 31.5 Å². The number of rotatable bonds is 5. The lowest BCUT2D eigenvalue weighted by Gasteiger charge is -2.24. The second kappa shape index (κ2) is 6.97. The van der Waals surface area contributed by atoms with Crippen LogP contribution in [0.2, 0.25) is 5.02 Å². The van der Waals surface area contributed by atoms with Crippen molar-refractivity contribution in [2.24, 2.45) is 0 Å². The third-order valence-corrected chi connectivity index (χ3v) is 3.59. The number of carbonyl (C=O) groups is 1. The lowest BCUT2D eigenvalue weighted by molar-refractivity contribution is 0.0596. The highest BCUT2D eigenvalue weighted by Crippen LogP contribution is 2.21. The Labute approximate surface area is 138 Å². The van der Waals surface area contributed by atoms with Crippen LogP contribution >= 0.6 is 11.6 Å². The van der Waals surface area contributed by atoms with Crippen molar-refractivity contribution in [2.75, 3.05) is 11.9 Å². The molecule has 23 heavy (non-hydrogen) atoms. The van der Waals surface area contributed by atoms with Crippen LogP contribution in [0, 0.1) is 5.82 Å². The number of benzene rings is 1. The summed E-state index contributed by atoms with van der Waals surface area (Å²) in [6.07, 6.45) is 1.60. The molecule has 1 aromatic heterocycles. The molecular formula is C15H18ClFN4O2. The number of anilines is 1. The lowest BCUT2D eigenvalue weighted by Crippen LogP contribution is -2.40. The molecule has 2 aromatic rings. The van der Waals surface area contributed by atoms with Crippen LogP contribution in [0.1, 0.15) is 19.4 Å².